The number of thiophene rings is 1. The van der Waals surface area contributed by atoms with Crippen LogP contribution in [0, 0.1) is 13.8 Å². The lowest BCUT2D eigenvalue weighted by molar-refractivity contribution is 0.0506. The van der Waals surface area contributed by atoms with Crippen LogP contribution in [0.2, 0.25) is 5.02 Å². The Kier molecular flexibility index (Phi) is 8.30. The lowest BCUT2D eigenvalue weighted by Gasteiger charge is -2.08. The van der Waals surface area contributed by atoms with E-state index in [2.05, 4.69) is 10.4 Å². The van der Waals surface area contributed by atoms with Crippen molar-refractivity contribution in [2.24, 2.45) is 0 Å². The summed E-state index contributed by atoms with van der Waals surface area (Å²) in [6, 6.07) is 6.80. The molecule has 0 unspecified atom stereocenters. The molecule has 0 saturated carbocycles. The van der Waals surface area contributed by atoms with Crippen LogP contribution in [0.1, 0.15) is 55.0 Å². The molecule has 2 aromatic heterocycles. The molecule has 11 heteroatoms. The standard InChI is InChI=1S/C23H24ClN3O6S/c1-5-10-32-22(29)18-14(3)19(23(30)31-4)34-21(18)25-20(28)17-8-9-27(26-17)12-33-15-6-7-16(24)13(2)11-15/h6-9,11H,5,10,12H2,1-4H3,(H,25,28). The van der Waals surface area contributed by atoms with Crippen LogP contribution in [0.4, 0.5) is 5.00 Å². The van der Waals surface area contributed by atoms with Crippen LogP contribution in [-0.4, -0.2) is 41.3 Å². The number of amides is 1. The molecule has 0 saturated heterocycles. The second kappa shape index (κ2) is 11.2. The monoisotopic (exact) mass is 505 g/mol. The van der Waals surface area contributed by atoms with Gasteiger partial charge in [0.05, 0.1) is 19.3 Å². The lowest BCUT2D eigenvalue weighted by atomic mass is 10.1. The number of nitrogens with one attached hydrogen (secondary N) is 1. The number of anilines is 1. The van der Waals surface area contributed by atoms with Crippen LogP contribution >= 0.6 is 22.9 Å². The van der Waals surface area contributed by atoms with Gasteiger partial charge in [0.25, 0.3) is 5.91 Å². The third-order valence-corrected chi connectivity index (χ3v) is 6.36. The zero-order chi connectivity index (χ0) is 24.8. The number of carbonyl (C=O) groups is 3. The van der Waals surface area contributed by atoms with E-state index >= 15 is 0 Å². The van der Waals surface area contributed by atoms with Crippen molar-refractivity contribution in [3.8, 4) is 5.75 Å². The molecule has 0 aliphatic carbocycles. The van der Waals surface area contributed by atoms with Gasteiger partial charge in [-0.1, -0.05) is 18.5 Å². The number of nitrogens with zero attached hydrogens (tertiary/aromatic N) is 2. The van der Waals surface area contributed by atoms with Gasteiger partial charge in [0.1, 0.15) is 15.6 Å². The van der Waals surface area contributed by atoms with Gasteiger partial charge in [-0.05, 0) is 55.7 Å². The van der Waals surface area contributed by atoms with Gasteiger partial charge in [-0.15, -0.1) is 11.3 Å². The minimum atomic E-state index is -0.627. The molecule has 1 amide bonds. The first-order chi connectivity index (χ1) is 16.2. The van der Waals surface area contributed by atoms with E-state index in [1.807, 2.05) is 13.8 Å². The maximum atomic E-state index is 12.8. The number of esters is 2. The number of aromatic nitrogens is 2. The van der Waals surface area contributed by atoms with Crippen molar-refractivity contribution in [3.63, 3.8) is 0 Å². The molecule has 0 aliphatic heterocycles. The van der Waals surface area contributed by atoms with E-state index in [4.69, 9.17) is 25.8 Å². The van der Waals surface area contributed by atoms with Crippen molar-refractivity contribution < 1.29 is 28.6 Å². The molecule has 3 aromatic rings. The summed E-state index contributed by atoms with van der Waals surface area (Å²) in [4.78, 5) is 37.7. The molecule has 0 bridgehead atoms. The number of hydrogen-bond donors (Lipinski definition) is 1. The van der Waals surface area contributed by atoms with Crippen molar-refractivity contribution >= 4 is 45.8 Å². The molecular formula is C23H24ClN3O6S. The molecule has 0 radical (unpaired) electrons. The molecule has 3 rings (SSSR count). The summed E-state index contributed by atoms with van der Waals surface area (Å²) in [5.74, 6) is -1.17. The van der Waals surface area contributed by atoms with E-state index in [9.17, 15) is 14.4 Å². The number of halogens is 1. The predicted molar refractivity (Wildman–Crippen MR) is 128 cm³/mol. The third-order valence-electron chi connectivity index (χ3n) is 4.75. The number of hydrogen-bond acceptors (Lipinski definition) is 8. The molecule has 180 valence electrons. The number of benzene rings is 1. The quantitative estimate of drug-likeness (QED) is 0.414. The highest BCUT2D eigenvalue weighted by Gasteiger charge is 2.27. The molecule has 1 N–H and O–H groups in total. The molecular weight excluding hydrogens is 482 g/mol. The van der Waals surface area contributed by atoms with Crippen molar-refractivity contribution in [2.75, 3.05) is 19.0 Å². The highest BCUT2D eigenvalue weighted by molar-refractivity contribution is 7.18. The Hall–Kier alpha value is -3.37. The molecule has 0 spiro atoms. The first-order valence-electron chi connectivity index (χ1n) is 10.4. The highest BCUT2D eigenvalue weighted by atomic mass is 35.5. The van der Waals surface area contributed by atoms with Crippen molar-refractivity contribution in [1.82, 2.24) is 9.78 Å². The Morgan fingerprint density at radius 1 is 1.18 bits per heavy atom. The maximum absolute atomic E-state index is 12.8. The van der Waals surface area contributed by atoms with E-state index in [-0.39, 0.29) is 34.5 Å². The highest BCUT2D eigenvalue weighted by Crippen LogP contribution is 2.34. The summed E-state index contributed by atoms with van der Waals surface area (Å²) in [7, 11) is 1.24. The number of methoxy groups -OCH3 is 1. The summed E-state index contributed by atoms with van der Waals surface area (Å²) in [5.41, 5.74) is 1.48. The van der Waals surface area contributed by atoms with Crippen LogP contribution in [0.25, 0.3) is 0 Å². The minimum Gasteiger partial charge on any atom is -0.471 e. The third kappa shape index (κ3) is 5.75. The van der Waals surface area contributed by atoms with Gasteiger partial charge in [0.2, 0.25) is 0 Å². The van der Waals surface area contributed by atoms with E-state index in [1.54, 1.807) is 31.3 Å². The average Bonchev–Trinajstić information content (AvgIpc) is 3.42. The van der Waals surface area contributed by atoms with Crippen molar-refractivity contribution in [1.29, 1.82) is 0 Å². The van der Waals surface area contributed by atoms with Gasteiger partial charge in [-0.25, -0.2) is 14.3 Å². The fraction of sp³-hybridized carbons (Fsp3) is 0.304. The first-order valence-corrected chi connectivity index (χ1v) is 11.6. The Morgan fingerprint density at radius 2 is 1.94 bits per heavy atom. The van der Waals surface area contributed by atoms with Crippen molar-refractivity contribution in [3.05, 3.63) is 62.7 Å². The Labute approximate surface area is 205 Å². The molecule has 0 fully saturated rings. The minimum absolute atomic E-state index is 0.0769. The van der Waals surface area contributed by atoms with E-state index in [0.29, 0.717) is 22.8 Å². The van der Waals surface area contributed by atoms with Crippen molar-refractivity contribution in [2.45, 2.75) is 33.9 Å². The predicted octanol–water partition coefficient (Wildman–Crippen LogP) is 4.86. The Morgan fingerprint density at radius 3 is 2.62 bits per heavy atom. The molecule has 0 aliphatic rings. The number of aryl methyl sites for hydroxylation is 1. The first kappa shape index (κ1) is 25.3. The normalized spacial score (nSPS) is 10.6. The Bertz CT molecular complexity index is 1220. The number of rotatable bonds is 9. The number of carbonyl (C=O) groups excluding carboxylic acids is 3. The van der Waals surface area contributed by atoms with Gasteiger partial charge < -0.3 is 19.5 Å². The summed E-state index contributed by atoms with van der Waals surface area (Å²) in [5, 5.41) is 7.71. The van der Waals surface area contributed by atoms with Gasteiger partial charge in [0, 0.05) is 11.2 Å². The van der Waals surface area contributed by atoms with E-state index in [1.165, 1.54) is 17.9 Å². The summed E-state index contributed by atoms with van der Waals surface area (Å²) in [6.07, 6.45) is 2.23. The molecule has 9 nitrogen and oxygen atoms in total. The van der Waals surface area contributed by atoms with Crippen LogP contribution in [-0.2, 0) is 16.2 Å². The molecule has 2 heterocycles. The summed E-state index contributed by atoms with van der Waals surface area (Å²) >= 11 is 6.97. The van der Waals surface area contributed by atoms with Crippen LogP contribution in [0.15, 0.2) is 30.5 Å². The van der Waals surface area contributed by atoms with Crippen LogP contribution in [0.3, 0.4) is 0 Å². The smallest absolute Gasteiger partial charge is 0.348 e. The average molecular weight is 506 g/mol. The second-order valence-electron chi connectivity index (χ2n) is 7.27. The van der Waals surface area contributed by atoms with Crippen LogP contribution < -0.4 is 10.1 Å². The fourth-order valence-corrected chi connectivity index (χ4v) is 4.20. The van der Waals surface area contributed by atoms with E-state index in [0.717, 1.165) is 16.9 Å². The zero-order valence-electron chi connectivity index (χ0n) is 19.1. The molecule has 0 atom stereocenters. The van der Waals surface area contributed by atoms with Gasteiger partial charge in [0.15, 0.2) is 12.4 Å². The number of ether oxygens (including phenoxy) is 3. The van der Waals surface area contributed by atoms with Gasteiger partial charge in [-0.3, -0.25) is 4.79 Å². The maximum Gasteiger partial charge on any atom is 0.348 e. The van der Waals surface area contributed by atoms with Gasteiger partial charge >= 0.3 is 11.9 Å². The molecule has 1 aromatic carbocycles. The van der Waals surface area contributed by atoms with E-state index < -0.39 is 17.8 Å². The summed E-state index contributed by atoms with van der Waals surface area (Å²) in [6.45, 7) is 5.63. The summed E-state index contributed by atoms with van der Waals surface area (Å²) < 4.78 is 17.2. The van der Waals surface area contributed by atoms with Gasteiger partial charge in [-0.2, -0.15) is 5.10 Å². The topological polar surface area (TPSA) is 109 Å². The second-order valence-corrected chi connectivity index (χ2v) is 8.69. The largest absolute Gasteiger partial charge is 0.471 e. The molecule has 34 heavy (non-hydrogen) atoms. The lowest BCUT2D eigenvalue weighted by Crippen LogP contribution is -2.16. The SMILES string of the molecule is CCCOC(=O)c1c(NC(=O)c2ccn(COc3ccc(Cl)c(C)c3)n2)sc(C(=O)OC)c1C. The Balaban J connectivity index is 1.76. The van der Waals surface area contributed by atoms with Crippen LogP contribution in [0.5, 0.6) is 5.75 Å². The zero-order valence-corrected chi connectivity index (χ0v) is 20.7. The fourth-order valence-electron chi connectivity index (χ4n) is 2.97.